The van der Waals surface area contributed by atoms with Crippen molar-refractivity contribution in [1.82, 2.24) is 4.72 Å². The van der Waals surface area contributed by atoms with Crippen molar-refractivity contribution in [1.29, 1.82) is 0 Å². The number of nitrogens with zero attached hydrogens (tertiary/aromatic N) is 1. The summed E-state index contributed by atoms with van der Waals surface area (Å²) in [6, 6.07) is 13.3. The summed E-state index contributed by atoms with van der Waals surface area (Å²) in [5.74, 6) is 0.0796. The van der Waals surface area contributed by atoms with Crippen molar-refractivity contribution in [3.05, 3.63) is 48.5 Å². The fourth-order valence-corrected chi connectivity index (χ4v) is 4.61. The molecule has 1 aliphatic heterocycles. The summed E-state index contributed by atoms with van der Waals surface area (Å²) < 4.78 is 32.9. The third kappa shape index (κ3) is 4.47. The summed E-state index contributed by atoms with van der Waals surface area (Å²) in [5.41, 5.74) is 1.02. The van der Waals surface area contributed by atoms with Gasteiger partial charge >= 0.3 is 0 Å². The number of benzene rings is 2. The molecule has 30 heavy (non-hydrogen) atoms. The van der Waals surface area contributed by atoms with Crippen LogP contribution in [0.5, 0.6) is 5.75 Å². The van der Waals surface area contributed by atoms with Crippen LogP contribution < -0.4 is 19.7 Å². The minimum atomic E-state index is -3.60. The van der Waals surface area contributed by atoms with Gasteiger partial charge in [0.05, 0.1) is 10.6 Å². The Morgan fingerprint density at radius 2 is 1.93 bits per heavy atom. The van der Waals surface area contributed by atoms with Crippen LogP contribution in [-0.4, -0.2) is 38.9 Å². The van der Waals surface area contributed by atoms with Gasteiger partial charge in [-0.1, -0.05) is 18.2 Å². The SMILES string of the molecule is CC1Oc2ccccc2N(CCC(=O)Nc2cccc(S(=O)(=O)NC3CC3)c2)C1=O. The molecule has 8 nitrogen and oxygen atoms in total. The maximum Gasteiger partial charge on any atom is 0.267 e. The Bertz CT molecular complexity index is 1080. The van der Waals surface area contributed by atoms with E-state index in [4.69, 9.17) is 4.74 Å². The first-order chi connectivity index (χ1) is 14.3. The molecule has 2 N–H and O–H groups in total. The molecule has 1 fully saturated rings. The van der Waals surface area contributed by atoms with Crippen molar-refractivity contribution < 1.29 is 22.7 Å². The molecule has 0 bridgehead atoms. The van der Waals surface area contributed by atoms with E-state index in [9.17, 15) is 18.0 Å². The second-order valence-electron chi connectivity index (χ2n) is 7.44. The zero-order chi connectivity index (χ0) is 21.3. The lowest BCUT2D eigenvalue weighted by Crippen LogP contribution is -2.45. The zero-order valence-electron chi connectivity index (χ0n) is 16.5. The van der Waals surface area contributed by atoms with Crippen LogP contribution in [-0.2, 0) is 19.6 Å². The maximum absolute atomic E-state index is 12.5. The maximum atomic E-state index is 12.5. The minimum absolute atomic E-state index is 0.00424. The smallest absolute Gasteiger partial charge is 0.267 e. The van der Waals surface area contributed by atoms with Gasteiger partial charge in [0, 0.05) is 24.7 Å². The minimum Gasteiger partial charge on any atom is -0.479 e. The van der Waals surface area contributed by atoms with Gasteiger partial charge in [0.2, 0.25) is 15.9 Å². The summed E-state index contributed by atoms with van der Waals surface area (Å²) >= 11 is 0. The third-order valence-electron chi connectivity index (χ3n) is 4.96. The van der Waals surface area contributed by atoms with Gasteiger partial charge in [-0.25, -0.2) is 13.1 Å². The van der Waals surface area contributed by atoms with E-state index in [1.54, 1.807) is 42.2 Å². The number of amides is 2. The van der Waals surface area contributed by atoms with Crippen molar-refractivity contribution >= 4 is 33.2 Å². The molecule has 4 rings (SSSR count). The summed E-state index contributed by atoms with van der Waals surface area (Å²) in [7, 11) is -3.60. The van der Waals surface area contributed by atoms with Gasteiger partial charge < -0.3 is 15.0 Å². The quantitative estimate of drug-likeness (QED) is 0.703. The van der Waals surface area contributed by atoms with Crippen LogP contribution in [0.15, 0.2) is 53.4 Å². The van der Waals surface area contributed by atoms with Crippen molar-refractivity contribution in [3.8, 4) is 5.75 Å². The highest BCUT2D eigenvalue weighted by atomic mass is 32.2. The van der Waals surface area contributed by atoms with Gasteiger partial charge in [-0.05, 0) is 50.1 Å². The van der Waals surface area contributed by atoms with Crippen LogP contribution in [0.1, 0.15) is 26.2 Å². The van der Waals surface area contributed by atoms with E-state index in [0.717, 1.165) is 12.8 Å². The molecular weight excluding hydrogens is 406 g/mol. The van der Waals surface area contributed by atoms with E-state index in [1.807, 2.05) is 6.07 Å². The summed E-state index contributed by atoms with van der Waals surface area (Å²) in [6.07, 6.45) is 1.13. The molecule has 9 heteroatoms. The topological polar surface area (TPSA) is 105 Å². The molecule has 0 saturated heterocycles. The van der Waals surface area contributed by atoms with E-state index in [2.05, 4.69) is 10.0 Å². The number of anilines is 2. The van der Waals surface area contributed by atoms with Crippen LogP contribution in [0.2, 0.25) is 0 Å². The van der Waals surface area contributed by atoms with Gasteiger partial charge in [0.1, 0.15) is 5.75 Å². The lowest BCUT2D eigenvalue weighted by Gasteiger charge is -2.32. The van der Waals surface area contributed by atoms with Crippen molar-refractivity contribution in [2.45, 2.75) is 43.2 Å². The van der Waals surface area contributed by atoms with Gasteiger partial charge in [0.25, 0.3) is 5.91 Å². The number of para-hydroxylation sites is 2. The van der Waals surface area contributed by atoms with Crippen LogP contribution in [0.25, 0.3) is 0 Å². The standard InChI is InChI=1S/C21H23N3O5S/c1-14-21(26)24(18-7-2-3-8-19(18)29-14)12-11-20(25)22-16-5-4-6-17(13-16)30(27,28)23-15-9-10-15/h2-8,13-15,23H,9-12H2,1H3,(H,22,25). The molecule has 2 aromatic rings. The Morgan fingerprint density at radius 3 is 2.70 bits per heavy atom. The van der Waals surface area contributed by atoms with Crippen molar-refractivity contribution in [2.75, 3.05) is 16.8 Å². The Morgan fingerprint density at radius 1 is 1.17 bits per heavy atom. The highest BCUT2D eigenvalue weighted by molar-refractivity contribution is 7.89. The van der Waals surface area contributed by atoms with E-state index < -0.39 is 16.1 Å². The fourth-order valence-electron chi connectivity index (χ4n) is 3.26. The number of hydrogen-bond donors (Lipinski definition) is 2. The summed E-state index contributed by atoms with van der Waals surface area (Å²) in [4.78, 5) is 26.6. The van der Waals surface area contributed by atoms with Gasteiger partial charge in [0.15, 0.2) is 6.10 Å². The number of rotatable bonds is 7. The average molecular weight is 429 g/mol. The molecule has 0 radical (unpaired) electrons. The highest BCUT2D eigenvalue weighted by Crippen LogP contribution is 2.33. The molecule has 2 amide bonds. The number of nitrogens with one attached hydrogen (secondary N) is 2. The average Bonchev–Trinajstić information content (AvgIpc) is 3.52. The van der Waals surface area contributed by atoms with Crippen molar-refractivity contribution in [3.63, 3.8) is 0 Å². The largest absolute Gasteiger partial charge is 0.479 e. The monoisotopic (exact) mass is 429 g/mol. The van der Waals surface area contributed by atoms with E-state index >= 15 is 0 Å². The normalized spacial score (nSPS) is 18.5. The van der Waals surface area contributed by atoms with Crippen LogP contribution in [0, 0.1) is 0 Å². The van der Waals surface area contributed by atoms with E-state index in [0.29, 0.717) is 17.1 Å². The number of carbonyl (C=O) groups excluding carboxylic acids is 2. The summed E-state index contributed by atoms with van der Waals surface area (Å²) in [5, 5.41) is 2.71. The predicted molar refractivity (Wildman–Crippen MR) is 112 cm³/mol. The Kier molecular flexibility index (Phi) is 5.48. The highest BCUT2D eigenvalue weighted by Gasteiger charge is 2.31. The van der Waals surface area contributed by atoms with E-state index in [1.165, 1.54) is 12.1 Å². The molecule has 1 aliphatic carbocycles. The first-order valence-electron chi connectivity index (χ1n) is 9.83. The molecule has 158 valence electrons. The number of fused-ring (bicyclic) bond motifs is 1. The van der Waals surface area contributed by atoms with Crippen LogP contribution >= 0.6 is 0 Å². The van der Waals surface area contributed by atoms with Gasteiger partial charge in [-0.2, -0.15) is 0 Å². The molecule has 2 aromatic carbocycles. The summed E-state index contributed by atoms with van der Waals surface area (Å²) in [6.45, 7) is 1.86. The Labute approximate surface area is 175 Å². The molecule has 0 spiro atoms. The Balaban J connectivity index is 1.41. The number of carbonyl (C=O) groups is 2. The van der Waals surface area contributed by atoms with Crippen molar-refractivity contribution in [2.24, 2.45) is 0 Å². The lowest BCUT2D eigenvalue weighted by atomic mass is 10.1. The fraction of sp³-hybridized carbons (Fsp3) is 0.333. The molecule has 1 saturated carbocycles. The number of hydrogen-bond acceptors (Lipinski definition) is 5. The second-order valence-corrected chi connectivity index (χ2v) is 9.15. The van der Waals surface area contributed by atoms with Gasteiger partial charge in [-0.15, -0.1) is 0 Å². The lowest BCUT2D eigenvalue weighted by molar-refractivity contribution is -0.125. The molecular formula is C21H23N3O5S. The van der Waals surface area contributed by atoms with E-state index in [-0.39, 0.29) is 35.7 Å². The molecule has 2 aliphatic rings. The third-order valence-corrected chi connectivity index (χ3v) is 6.48. The van der Waals surface area contributed by atoms with Gasteiger partial charge in [-0.3, -0.25) is 9.59 Å². The van der Waals surface area contributed by atoms with Crippen LogP contribution in [0.4, 0.5) is 11.4 Å². The number of ether oxygens (including phenoxy) is 1. The molecule has 1 unspecified atom stereocenters. The first kappa shape index (κ1) is 20.4. The predicted octanol–water partition coefficient (Wildman–Crippen LogP) is 2.27. The molecule has 1 atom stereocenters. The molecule has 0 aromatic heterocycles. The Hall–Kier alpha value is -2.91. The zero-order valence-corrected chi connectivity index (χ0v) is 17.3. The molecule has 1 heterocycles. The first-order valence-corrected chi connectivity index (χ1v) is 11.3. The van der Waals surface area contributed by atoms with Crippen LogP contribution in [0.3, 0.4) is 0 Å². The number of sulfonamides is 1. The second kappa shape index (κ2) is 8.08.